The molecule has 1 fully saturated rings. The molecule has 2 N–H and O–H groups in total. The number of hydrogen-bond donors (Lipinski definition) is 2. The first-order valence-corrected chi connectivity index (χ1v) is 8.49. The van der Waals surface area contributed by atoms with Crippen molar-refractivity contribution < 1.29 is 14.6 Å². The van der Waals surface area contributed by atoms with Gasteiger partial charge in [0, 0.05) is 13.2 Å². The molecule has 0 spiro atoms. The van der Waals surface area contributed by atoms with Crippen molar-refractivity contribution in [2.45, 2.75) is 51.2 Å². The van der Waals surface area contributed by atoms with Gasteiger partial charge in [-0.1, -0.05) is 19.1 Å². The van der Waals surface area contributed by atoms with E-state index >= 15 is 0 Å². The summed E-state index contributed by atoms with van der Waals surface area (Å²) in [5.41, 5.74) is 0. The van der Waals surface area contributed by atoms with Crippen molar-refractivity contribution in [1.82, 2.24) is 5.32 Å². The van der Waals surface area contributed by atoms with Crippen molar-refractivity contribution >= 4 is 0 Å². The molecule has 1 saturated heterocycles. The normalized spacial score (nSPS) is 30.7. The zero-order chi connectivity index (χ0) is 14.9. The molecule has 0 aromatic carbocycles. The summed E-state index contributed by atoms with van der Waals surface area (Å²) >= 11 is 0. The van der Waals surface area contributed by atoms with Gasteiger partial charge in [-0.25, -0.2) is 0 Å². The Kier molecular flexibility index (Phi) is 7.72. The van der Waals surface area contributed by atoms with E-state index < -0.39 is 6.10 Å². The van der Waals surface area contributed by atoms with E-state index in [2.05, 4.69) is 24.4 Å². The number of nitrogens with one attached hydrogen (secondary N) is 1. The number of ether oxygens (including phenoxy) is 2. The van der Waals surface area contributed by atoms with Gasteiger partial charge in [0.2, 0.25) is 0 Å². The van der Waals surface area contributed by atoms with Crippen molar-refractivity contribution in [1.29, 1.82) is 0 Å². The molecule has 2 rings (SSSR count). The van der Waals surface area contributed by atoms with Crippen LogP contribution in [0.4, 0.5) is 0 Å². The molecule has 0 radical (unpaired) electrons. The first kappa shape index (κ1) is 16.9. The molecule has 4 nitrogen and oxygen atoms in total. The molecular formula is C17H31NO3. The number of aliphatic hydroxyl groups is 1. The van der Waals surface area contributed by atoms with Crippen molar-refractivity contribution in [2.24, 2.45) is 11.8 Å². The van der Waals surface area contributed by atoms with Crippen molar-refractivity contribution in [3.05, 3.63) is 12.2 Å². The van der Waals surface area contributed by atoms with E-state index in [1.54, 1.807) is 0 Å². The van der Waals surface area contributed by atoms with E-state index in [4.69, 9.17) is 9.47 Å². The third-order valence-electron chi connectivity index (χ3n) is 4.61. The summed E-state index contributed by atoms with van der Waals surface area (Å²) in [5.74, 6) is 1.30. The van der Waals surface area contributed by atoms with Crippen LogP contribution in [-0.4, -0.2) is 50.2 Å². The average Bonchev–Trinajstić information content (AvgIpc) is 2.99. The molecule has 4 unspecified atom stereocenters. The van der Waals surface area contributed by atoms with Crippen LogP contribution in [0.5, 0.6) is 0 Å². The van der Waals surface area contributed by atoms with E-state index in [9.17, 15) is 5.11 Å². The molecule has 122 valence electrons. The standard InChI is InChI=1S/C17H31NO3/c1-14-5-2-3-6-15(14)12-20-13-16(19)11-18-9-8-17-7-4-10-21-17/h2-3,14-19H,4-13H2,1H3. The first-order valence-electron chi connectivity index (χ1n) is 8.49. The lowest BCUT2D eigenvalue weighted by atomic mass is 9.85. The number of rotatable bonds is 9. The Morgan fingerprint density at radius 3 is 3.00 bits per heavy atom. The molecule has 21 heavy (non-hydrogen) atoms. The molecule has 1 aliphatic heterocycles. The van der Waals surface area contributed by atoms with Crippen LogP contribution in [0.25, 0.3) is 0 Å². The highest BCUT2D eigenvalue weighted by Crippen LogP contribution is 2.24. The maximum atomic E-state index is 9.90. The number of allylic oxidation sites excluding steroid dienone is 2. The first-order chi connectivity index (χ1) is 10.3. The van der Waals surface area contributed by atoms with E-state index in [1.807, 2.05) is 0 Å². The summed E-state index contributed by atoms with van der Waals surface area (Å²) in [5, 5.41) is 13.2. The van der Waals surface area contributed by atoms with Crippen molar-refractivity contribution in [2.75, 3.05) is 32.9 Å². The van der Waals surface area contributed by atoms with Gasteiger partial charge in [0.05, 0.1) is 25.4 Å². The van der Waals surface area contributed by atoms with E-state index in [1.165, 1.54) is 12.8 Å². The van der Waals surface area contributed by atoms with Gasteiger partial charge in [0.1, 0.15) is 0 Å². The smallest absolute Gasteiger partial charge is 0.0897 e. The molecule has 0 amide bonds. The van der Waals surface area contributed by atoms with Crippen LogP contribution < -0.4 is 5.32 Å². The van der Waals surface area contributed by atoms with Gasteiger partial charge < -0.3 is 19.9 Å². The monoisotopic (exact) mass is 297 g/mol. The topological polar surface area (TPSA) is 50.7 Å². The fraction of sp³-hybridized carbons (Fsp3) is 0.882. The van der Waals surface area contributed by atoms with Crippen LogP contribution in [0.3, 0.4) is 0 Å². The summed E-state index contributed by atoms with van der Waals surface area (Å²) in [6.07, 6.45) is 10.2. The molecule has 0 bridgehead atoms. The van der Waals surface area contributed by atoms with Gasteiger partial charge >= 0.3 is 0 Å². The van der Waals surface area contributed by atoms with Crippen molar-refractivity contribution in [3.63, 3.8) is 0 Å². The molecule has 1 heterocycles. The average molecular weight is 297 g/mol. The Morgan fingerprint density at radius 1 is 1.38 bits per heavy atom. The lowest BCUT2D eigenvalue weighted by Gasteiger charge is -2.25. The van der Waals surface area contributed by atoms with Crippen molar-refractivity contribution in [3.8, 4) is 0 Å². The molecular weight excluding hydrogens is 266 g/mol. The van der Waals surface area contributed by atoms with Gasteiger partial charge in [-0.15, -0.1) is 0 Å². The minimum Gasteiger partial charge on any atom is -0.389 e. The SMILES string of the molecule is CC1CC=CCC1COCC(O)CNCCC1CCCO1. The fourth-order valence-corrected chi connectivity index (χ4v) is 3.06. The molecule has 0 aromatic rings. The Bertz CT molecular complexity index is 302. The summed E-state index contributed by atoms with van der Waals surface area (Å²) in [6, 6.07) is 0. The quantitative estimate of drug-likeness (QED) is 0.506. The third-order valence-corrected chi connectivity index (χ3v) is 4.61. The number of aliphatic hydroxyl groups excluding tert-OH is 1. The highest BCUT2D eigenvalue weighted by molar-refractivity contribution is 4.93. The number of hydrogen-bond acceptors (Lipinski definition) is 4. The molecule has 2 aliphatic rings. The summed E-state index contributed by atoms with van der Waals surface area (Å²) in [7, 11) is 0. The van der Waals surface area contributed by atoms with Gasteiger partial charge in [0.15, 0.2) is 0 Å². The molecule has 0 saturated carbocycles. The predicted octanol–water partition coefficient (Wildman–Crippen LogP) is 2.12. The van der Waals surface area contributed by atoms with Gasteiger partial charge in [-0.05, 0) is 50.5 Å². The molecule has 4 heteroatoms. The Hall–Kier alpha value is -0.420. The second-order valence-electron chi connectivity index (χ2n) is 6.50. The van der Waals surface area contributed by atoms with Crippen LogP contribution in [0.15, 0.2) is 12.2 Å². The van der Waals surface area contributed by atoms with Crippen LogP contribution >= 0.6 is 0 Å². The minimum atomic E-state index is -0.413. The lowest BCUT2D eigenvalue weighted by Crippen LogP contribution is -2.33. The Morgan fingerprint density at radius 2 is 2.24 bits per heavy atom. The van der Waals surface area contributed by atoms with Gasteiger partial charge in [-0.3, -0.25) is 0 Å². The second-order valence-corrected chi connectivity index (χ2v) is 6.50. The summed E-state index contributed by atoms with van der Waals surface area (Å²) in [6.45, 7) is 5.90. The fourth-order valence-electron chi connectivity index (χ4n) is 3.06. The highest BCUT2D eigenvalue weighted by Gasteiger charge is 2.19. The van der Waals surface area contributed by atoms with Crippen LogP contribution in [-0.2, 0) is 9.47 Å². The Balaban J connectivity index is 1.45. The highest BCUT2D eigenvalue weighted by atomic mass is 16.5. The molecule has 0 aromatic heterocycles. The summed E-state index contributed by atoms with van der Waals surface area (Å²) < 4.78 is 11.3. The van der Waals surface area contributed by atoms with E-state index in [-0.39, 0.29) is 0 Å². The lowest BCUT2D eigenvalue weighted by molar-refractivity contribution is 0.0125. The maximum absolute atomic E-state index is 9.90. The molecule has 1 aliphatic carbocycles. The Labute approximate surface area is 128 Å². The zero-order valence-electron chi connectivity index (χ0n) is 13.3. The van der Waals surface area contributed by atoms with E-state index in [0.717, 1.165) is 39.0 Å². The predicted molar refractivity (Wildman–Crippen MR) is 84.3 cm³/mol. The zero-order valence-corrected chi connectivity index (χ0v) is 13.3. The second kappa shape index (κ2) is 9.57. The van der Waals surface area contributed by atoms with Gasteiger partial charge in [-0.2, -0.15) is 0 Å². The summed E-state index contributed by atoms with van der Waals surface area (Å²) in [4.78, 5) is 0. The van der Waals surface area contributed by atoms with Crippen LogP contribution in [0, 0.1) is 11.8 Å². The maximum Gasteiger partial charge on any atom is 0.0897 e. The molecule has 4 atom stereocenters. The van der Waals surface area contributed by atoms with Crippen LogP contribution in [0.2, 0.25) is 0 Å². The van der Waals surface area contributed by atoms with Crippen LogP contribution in [0.1, 0.15) is 39.0 Å². The minimum absolute atomic E-state index is 0.413. The third kappa shape index (κ3) is 6.47. The largest absolute Gasteiger partial charge is 0.389 e. The van der Waals surface area contributed by atoms with Gasteiger partial charge in [0.25, 0.3) is 0 Å². The van der Waals surface area contributed by atoms with E-state index in [0.29, 0.717) is 31.1 Å².